The summed E-state index contributed by atoms with van der Waals surface area (Å²) in [6.45, 7) is 2.12. The standard InChI is InChI=1S/C26H26Cl2F2N2O2/c1-25(10-3-2-4-11-25)14-22-26(15-31,17-9-8-16(27)12-19(17)29)13-21(24(33)34)32(22)20-7-5-6-18(28)23(20)30/h5-9,12,21-22H,2-4,10-11,13-14H2,1H3,(H,33,34). The fourth-order valence-electron chi connectivity index (χ4n) is 5.90. The number of benzene rings is 2. The second-order valence-electron chi connectivity index (χ2n) is 9.84. The summed E-state index contributed by atoms with van der Waals surface area (Å²) >= 11 is 12.0. The number of carbonyl (C=O) groups is 1. The third-order valence-electron chi connectivity index (χ3n) is 7.61. The molecule has 0 spiro atoms. The van der Waals surface area contributed by atoms with Gasteiger partial charge in [0.25, 0.3) is 0 Å². The minimum absolute atomic E-state index is 0.0100. The van der Waals surface area contributed by atoms with Crippen molar-refractivity contribution >= 4 is 34.9 Å². The van der Waals surface area contributed by atoms with Crippen LogP contribution in [0.25, 0.3) is 0 Å². The summed E-state index contributed by atoms with van der Waals surface area (Å²) in [6, 6.07) is 8.76. The minimum Gasteiger partial charge on any atom is -0.480 e. The molecule has 8 heteroatoms. The lowest BCUT2D eigenvalue weighted by Crippen LogP contribution is -2.48. The van der Waals surface area contributed by atoms with Gasteiger partial charge in [-0.1, -0.05) is 61.5 Å². The number of nitrogens with zero attached hydrogens (tertiary/aromatic N) is 2. The Morgan fingerprint density at radius 2 is 1.91 bits per heavy atom. The average Bonchev–Trinajstić information content (AvgIpc) is 3.10. The lowest BCUT2D eigenvalue weighted by Gasteiger charge is -2.43. The molecule has 1 saturated heterocycles. The Balaban J connectivity index is 1.95. The van der Waals surface area contributed by atoms with Crippen LogP contribution >= 0.6 is 23.2 Å². The normalized spacial score (nSPS) is 26.3. The van der Waals surface area contributed by atoms with Gasteiger partial charge in [0.05, 0.1) is 22.8 Å². The molecule has 1 aliphatic carbocycles. The van der Waals surface area contributed by atoms with Crippen molar-refractivity contribution in [1.29, 1.82) is 5.26 Å². The van der Waals surface area contributed by atoms with Gasteiger partial charge >= 0.3 is 5.97 Å². The van der Waals surface area contributed by atoms with Crippen LogP contribution in [-0.4, -0.2) is 23.2 Å². The van der Waals surface area contributed by atoms with E-state index in [1.165, 1.54) is 29.2 Å². The van der Waals surface area contributed by atoms with Gasteiger partial charge in [0, 0.05) is 17.0 Å². The molecule has 0 radical (unpaired) electrons. The lowest BCUT2D eigenvalue weighted by molar-refractivity contribution is -0.138. The predicted octanol–water partition coefficient (Wildman–Crippen LogP) is 7.13. The first-order valence-corrected chi connectivity index (χ1v) is 12.2. The van der Waals surface area contributed by atoms with Crippen LogP contribution < -0.4 is 4.90 Å². The molecule has 3 atom stereocenters. The molecule has 180 valence electrons. The van der Waals surface area contributed by atoms with E-state index in [0.717, 1.165) is 38.2 Å². The van der Waals surface area contributed by atoms with Gasteiger partial charge in [-0.15, -0.1) is 0 Å². The molecule has 0 bridgehead atoms. The maximum absolute atomic E-state index is 15.3. The third kappa shape index (κ3) is 4.25. The van der Waals surface area contributed by atoms with E-state index >= 15 is 8.78 Å². The second-order valence-corrected chi connectivity index (χ2v) is 10.7. The molecule has 4 rings (SSSR count). The van der Waals surface area contributed by atoms with Crippen LogP contribution in [0.3, 0.4) is 0 Å². The highest BCUT2D eigenvalue weighted by molar-refractivity contribution is 6.31. The minimum atomic E-state index is -1.52. The van der Waals surface area contributed by atoms with E-state index in [1.807, 2.05) is 0 Å². The van der Waals surface area contributed by atoms with Crippen LogP contribution in [0.1, 0.15) is 57.4 Å². The maximum Gasteiger partial charge on any atom is 0.326 e. The molecule has 0 amide bonds. The number of rotatable bonds is 5. The number of hydrogen-bond acceptors (Lipinski definition) is 3. The average molecular weight is 507 g/mol. The van der Waals surface area contributed by atoms with Crippen LogP contribution in [0, 0.1) is 28.4 Å². The molecule has 2 fully saturated rings. The summed E-state index contributed by atoms with van der Waals surface area (Å²) in [5, 5.41) is 20.7. The Kier molecular flexibility index (Phi) is 6.81. The van der Waals surface area contributed by atoms with E-state index in [2.05, 4.69) is 13.0 Å². The molecular weight excluding hydrogens is 481 g/mol. The van der Waals surface area contributed by atoms with Crippen LogP contribution in [0.2, 0.25) is 10.0 Å². The number of carboxylic acid groups (broad SMARTS) is 1. The highest BCUT2D eigenvalue weighted by Gasteiger charge is 2.58. The molecule has 1 saturated carbocycles. The zero-order valence-electron chi connectivity index (χ0n) is 18.8. The van der Waals surface area contributed by atoms with Gasteiger partial charge in [0.15, 0.2) is 5.82 Å². The molecule has 2 aromatic carbocycles. The summed E-state index contributed by atoms with van der Waals surface area (Å²) in [7, 11) is 0. The number of halogens is 4. The van der Waals surface area contributed by atoms with Crippen molar-refractivity contribution in [2.45, 2.75) is 69.4 Å². The number of carboxylic acids is 1. The SMILES string of the molecule is CC1(CC2N(c3cccc(Cl)c3F)C(C(=O)O)CC2(C#N)c2ccc(Cl)cc2F)CCCCC1. The number of aliphatic carboxylic acids is 1. The van der Waals surface area contributed by atoms with E-state index in [0.29, 0.717) is 6.42 Å². The van der Waals surface area contributed by atoms with E-state index < -0.39 is 35.1 Å². The van der Waals surface area contributed by atoms with Gasteiger partial charge in [-0.3, -0.25) is 0 Å². The van der Waals surface area contributed by atoms with Crippen LogP contribution in [0.5, 0.6) is 0 Å². The fraction of sp³-hybridized carbons (Fsp3) is 0.462. The summed E-state index contributed by atoms with van der Waals surface area (Å²) in [5.74, 6) is -2.63. The Bertz CT molecular complexity index is 1150. The highest BCUT2D eigenvalue weighted by Crippen LogP contribution is 2.53. The quantitative estimate of drug-likeness (QED) is 0.468. The molecular formula is C26H26Cl2F2N2O2. The number of nitriles is 1. The van der Waals surface area contributed by atoms with Gasteiger partial charge in [0.2, 0.25) is 0 Å². The Labute approximate surface area is 208 Å². The molecule has 0 aromatic heterocycles. The Morgan fingerprint density at radius 3 is 2.53 bits per heavy atom. The first-order chi connectivity index (χ1) is 16.1. The fourth-order valence-corrected chi connectivity index (χ4v) is 6.23. The molecule has 2 aromatic rings. The number of hydrogen-bond donors (Lipinski definition) is 1. The van der Waals surface area contributed by atoms with Crippen LogP contribution in [0.4, 0.5) is 14.5 Å². The molecule has 4 nitrogen and oxygen atoms in total. The van der Waals surface area contributed by atoms with Gasteiger partial charge < -0.3 is 10.0 Å². The molecule has 1 aliphatic heterocycles. The molecule has 1 heterocycles. The zero-order chi connectivity index (χ0) is 24.7. The van der Waals surface area contributed by atoms with E-state index in [9.17, 15) is 15.2 Å². The topological polar surface area (TPSA) is 64.3 Å². The monoisotopic (exact) mass is 506 g/mol. The number of anilines is 1. The first-order valence-electron chi connectivity index (χ1n) is 11.4. The van der Waals surface area contributed by atoms with Gasteiger partial charge in [-0.25, -0.2) is 13.6 Å². The predicted molar refractivity (Wildman–Crippen MR) is 128 cm³/mol. The smallest absolute Gasteiger partial charge is 0.326 e. The van der Waals surface area contributed by atoms with Crippen molar-refractivity contribution in [3.05, 3.63) is 63.6 Å². The van der Waals surface area contributed by atoms with Gasteiger partial charge in [0.1, 0.15) is 17.3 Å². The van der Waals surface area contributed by atoms with Crippen LogP contribution in [0.15, 0.2) is 36.4 Å². The van der Waals surface area contributed by atoms with Crippen molar-refractivity contribution in [2.24, 2.45) is 5.41 Å². The Hall–Kier alpha value is -2.36. The summed E-state index contributed by atoms with van der Waals surface area (Å²) in [4.78, 5) is 13.9. The van der Waals surface area contributed by atoms with Crippen LogP contribution in [-0.2, 0) is 10.2 Å². The summed E-state index contributed by atoms with van der Waals surface area (Å²) in [5.41, 5.74) is -1.63. The highest BCUT2D eigenvalue weighted by atomic mass is 35.5. The second kappa shape index (κ2) is 9.36. The van der Waals surface area contributed by atoms with Crippen molar-refractivity contribution in [1.82, 2.24) is 0 Å². The zero-order valence-corrected chi connectivity index (χ0v) is 20.3. The van der Waals surface area contributed by atoms with Crippen molar-refractivity contribution in [3.8, 4) is 6.07 Å². The van der Waals surface area contributed by atoms with Crippen molar-refractivity contribution < 1.29 is 18.7 Å². The van der Waals surface area contributed by atoms with Gasteiger partial charge in [-0.05, 0) is 48.9 Å². The molecule has 2 aliphatic rings. The first kappa shape index (κ1) is 24.8. The van der Waals surface area contributed by atoms with E-state index in [1.54, 1.807) is 6.07 Å². The summed E-state index contributed by atoms with van der Waals surface area (Å²) in [6.07, 6.45) is 5.18. The van der Waals surface area contributed by atoms with Gasteiger partial charge in [-0.2, -0.15) is 5.26 Å². The molecule has 3 unspecified atom stereocenters. The summed E-state index contributed by atoms with van der Waals surface area (Å²) < 4.78 is 30.6. The van der Waals surface area contributed by atoms with Crippen molar-refractivity contribution in [2.75, 3.05) is 4.90 Å². The maximum atomic E-state index is 15.3. The van der Waals surface area contributed by atoms with Crippen molar-refractivity contribution in [3.63, 3.8) is 0 Å². The lowest BCUT2D eigenvalue weighted by atomic mass is 9.65. The van der Waals surface area contributed by atoms with E-state index in [4.69, 9.17) is 23.2 Å². The third-order valence-corrected chi connectivity index (χ3v) is 8.14. The largest absolute Gasteiger partial charge is 0.480 e. The Morgan fingerprint density at radius 1 is 1.21 bits per heavy atom. The van der Waals surface area contributed by atoms with E-state index in [-0.39, 0.29) is 33.1 Å². The molecule has 34 heavy (non-hydrogen) atoms. The molecule has 1 N–H and O–H groups in total.